The average molecular weight is 455 g/mol. The number of fused-ring (bicyclic) bond motifs is 1. The van der Waals surface area contributed by atoms with E-state index in [4.69, 9.17) is 18.7 Å². The SMILES string of the molecule is O=C(O)CC(Cc1cc(=O)n(CCC2=NC3=C(CC2)OCCN3)o1)c1ccc2c(c1)OCO2. The normalized spacial score (nSPS) is 17.6. The van der Waals surface area contributed by atoms with Crippen molar-refractivity contribution < 1.29 is 28.6 Å². The van der Waals surface area contributed by atoms with Crippen LogP contribution in [0, 0.1) is 0 Å². The highest BCUT2D eigenvalue weighted by Crippen LogP contribution is 2.36. The molecule has 0 amide bonds. The van der Waals surface area contributed by atoms with Gasteiger partial charge < -0.3 is 29.2 Å². The maximum atomic E-state index is 12.5. The summed E-state index contributed by atoms with van der Waals surface area (Å²) in [6.45, 7) is 1.91. The zero-order valence-corrected chi connectivity index (χ0v) is 18.0. The Morgan fingerprint density at radius 2 is 2.06 bits per heavy atom. The lowest BCUT2D eigenvalue weighted by Crippen LogP contribution is -2.29. The van der Waals surface area contributed by atoms with E-state index in [9.17, 15) is 14.7 Å². The maximum Gasteiger partial charge on any atom is 0.303 e. The summed E-state index contributed by atoms with van der Waals surface area (Å²) in [5.74, 6) is 2.05. The molecule has 1 atom stereocenters. The largest absolute Gasteiger partial charge is 0.492 e. The number of allylic oxidation sites excluding steroid dienone is 1. The number of nitrogens with one attached hydrogen (secondary N) is 1. The molecule has 0 radical (unpaired) electrons. The highest BCUT2D eigenvalue weighted by atomic mass is 16.7. The zero-order valence-electron chi connectivity index (χ0n) is 18.0. The van der Waals surface area contributed by atoms with Crippen LogP contribution in [0.1, 0.15) is 42.9 Å². The minimum absolute atomic E-state index is 0.0993. The Bertz CT molecular complexity index is 1180. The molecular formula is C23H25N3O7. The van der Waals surface area contributed by atoms with Crippen LogP contribution in [0.5, 0.6) is 11.5 Å². The molecule has 1 unspecified atom stereocenters. The van der Waals surface area contributed by atoms with Crippen LogP contribution in [0.4, 0.5) is 0 Å². The Hall–Kier alpha value is -3.69. The van der Waals surface area contributed by atoms with Gasteiger partial charge in [-0.2, -0.15) is 4.74 Å². The second-order valence-corrected chi connectivity index (χ2v) is 8.23. The molecule has 0 aliphatic carbocycles. The van der Waals surface area contributed by atoms with Gasteiger partial charge >= 0.3 is 5.97 Å². The Morgan fingerprint density at radius 3 is 2.94 bits per heavy atom. The van der Waals surface area contributed by atoms with Crippen LogP contribution in [0.15, 0.2) is 50.2 Å². The quantitative estimate of drug-likeness (QED) is 0.622. The van der Waals surface area contributed by atoms with Gasteiger partial charge in [0.2, 0.25) is 6.79 Å². The number of aliphatic carboxylic acids is 1. The summed E-state index contributed by atoms with van der Waals surface area (Å²) in [6, 6.07) is 6.81. The second-order valence-electron chi connectivity index (χ2n) is 8.23. The van der Waals surface area contributed by atoms with Crippen LogP contribution in [0.3, 0.4) is 0 Å². The molecule has 174 valence electrons. The van der Waals surface area contributed by atoms with Crippen LogP contribution >= 0.6 is 0 Å². The van der Waals surface area contributed by atoms with Gasteiger partial charge in [-0.1, -0.05) is 6.07 Å². The number of carboxylic acid groups (broad SMARTS) is 1. The van der Waals surface area contributed by atoms with Gasteiger partial charge in [-0.05, 0) is 24.1 Å². The number of carbonyl (C=O) groups is 1. The van der Waals surface area contributed by atoms with E-state index >= 15 is 0 Å². The molecule has 4 heterocycles. The molecule has 2 aromatic rings. The Balaban J connectivity index is 1.28. The fourth-order valence-corrected chi connectivity index (χ4v) is 4.29. The van der Waals surface area contributed by atoms with Gasteiger partial charge in [0, 0.05) is 37.0 Å². The number of hydrogen-bond donors (Lipinski definition) is 2. The predicted molar refractivity (Wildman–Crippen MR) is 116 cm³/mol. The van der Waals surface area contributed by atoms with Gasteiger partial charge in [-0.15, -0.1) is 0 Å². The molecule has 0 saturated heterocycles. The first-order valence-electron chi connectivity index (χ1n) is 11.0. The highest BCUT2D eigenvalue weighted by molar-refractivity contribution is 5.86. The number of nitrogens with zero attached hydrogens (tertiary/aromatic N) is 2. The summed E-state index contributed by atoms with van der Waals surface area (Å²) >= 11 is 0. The number of rotatable bonds is 8. The Labute approximate surface area is 189 Å². The van der Waals surface area contributed by atoms with E-state index < -0.39 is 5.97 Å². The average Bonchev–Trinajstić information content (AvgIpc) is 3.42. The molecule has 0 fully saturated rings. The van der Waals surface area contributed by atoms with Crippen LogP contribution in [0.25, 0.3) is 0 Å². The van der Waals surface area contributed by atoms with Gasteiger partial charge in [-0.3, -0.25) is 9.59 Å². The molecule has 5 rings (SSSR count). The third-order valence-electron chi connectivity index (χ3n) is 5.94. The molecule has 10 heteroatoms. The van der Waals surface area contributed by atoms with Gasteiger partial charge in [0.15, 0.2) is 17.3 Å². The molecule has 0 spiro atoms. The summed E-state index contributed by atoms with van der Waals surface area (Å²) in [5.41, 5.74) is 1.53. The van der Waals surface area contributed by atoms with Crippen LogP contribution in [0.2, 0.25) is 0 Å². The summed E-state index contributed by atoms with van der Waals surface area (Å²) < 4.78 is 23.5. The topological polar surface area (TPSA) is 125 Å². The third-order valence-corrected chi connectivity index (χ3v) is 5.94. The minimum Gasteiger partial charge on any atom is -0.492 e. The van der Waals surface area contributed by atoms with Crippen LogP contribution in [-0.2, 0) is 22.5 Å². The first kappa shape index (κ1) is 21.2. The summed E-state index contributed by atoms with van der Waals surface area (Å²) in [6.07, 6.45) is 2.36. The highest BCUT2D eigenvalue weighted by Gasteiger charge is 2.23. The zero-order chi connectivity index (χ0) is 22.8. The van der Waals surface area contributed by atoms with Crippen molar-refractivity contribution in [2.24, 2.45) is 4.99 Å². The van der Waals surface area contributed by atoms with Crippen LogP contribution in [-0.4, -0.2) is 41.5 Å². The van der Waals surface area contributed by atoms with Crippen molar-refractivity contribution in [3.05, 3.63) is 57.5 Å². The van der Waals surface area contributed by atoms with E-state index in [1.807, 2.05) is 6.07 Å². The molecule has 33 heavy (non-hydrogen) atoms. The van der Waals surface area contributed by atoms with Gasteiger partial charge in [0.05, 0.1) is 19.5 Å². The van der Waals surface area contributed by atoms with Gasteiger partial charge in [0.1, 0.15) is 18.1 Å². The van der Waals surface area contributed by atoms with Crippen molar-refractivity contribution in [1.29, 1.82) is 0 Å². The standard InChI is InChI=1S/C23H25N3O7/c27-21-12-17(9-15(11-22(28)29)14-1-3-18-20(10-14)32-13-31-18)33-26(21)7-5-16-2-4-19-23(25-16)24-6-8-30-19/h1,3,10,12,15,24H,2,4-9,11,13H2,(H,28,29). The second kappa shape index (κ2) is 9.05. The van der Waals surface area contributed by atoms with E-state index in [-0.39, 0.29) is 31.1 Å². The van der Waals surface area contributed by atoms with E-state index in [1.54, 1.807) is 12.1 Å². The van der Waals surface area contributed by atoms with E-state index in [1.165, 1.54) is 10.8 Å². The number of ether oxygens (including phenoxy) is 3. The maximum absolute atomic E-state index is 12.5. The van der Waals surface area contributed by atoms with Crippen molar-refractivity contribution in [3.8, 4) is 11.5 Å². The fourth-order valence-electron chi connectivity index (χ4n) is 4.29. The van der Waals surface area contributed by atoms with Crippen molar-refractivity contribution in [3.63, 3.8) is 0 Å². The molecule has 1 aromatic heterocycles. The van der Waals surface area contributed by atoms with Gasteiger partial charge in [0.25, 0.3) is 5.56 Å². The molecule has 3 aliphatic heterocycles. The number of benzene rings is 1. The Kier molecular flexibility index (Phi) is 5.80. The smallest absolute Gasteiger partial charge is 0.303 e. The Morgan fingerprint density at radius 1 is 1.18 bits per heavy atom. The van der Waals surface area contributed by atoms with E-state index in [0.29, 0.717) is 36.8 Å². The van der Waals surface area contributed by atoms with Crippen molar-refractivity contribution >= 4 is 11.7 Å². The lowest BCUT2D eigenvalue weighted by molar-refractivity contribution is -0.137. The molecule has 3 aliphatic rings. The van der Waals surface area contributed by atoms with Crippen molar-refractivity contribution in [1.82, 2.24) is 10.1 Å². The number of carboxylic acids is 1. The van der Waals surface area contributed by atoms with Crippen molar-refractivity contribution in [2.45, 2.75) is 44.6 Å². The van der Waals surface area contributed by atoms with E-state index in [0.717, 1.165) is 42.2 Å². The molecule has 10 nitrogen and oxygen atoms in total. The lowest BCUT2D eigenvalue weighted by Gasteiger charge is -2.24. The lowest BCUT2D eigenvalue weighted by atomic mass is 9.91. The number of aryl methyl sites for hydroxylation is 1. The fraction of sp³-hybridized carbons (Fsp3) is 0.435. The summed E-state index contributed by atoms with van der Waals surface area (Å²) in [7, 11) is 0. The first-order valence-corrected chi connectivity index (χ1v) is 11.0. The molecule has 1 aromatic carbocycles. The number of aliphatic imine (C=N–C) groups is 1. The molecule has 0 saturated carbocycles. The van der Waals surface area contributed by atoms with Crippen molar-refractivity contribution in [2.75, 3.05) is 19.9 Å². The molecule has 2 N–H and O–H groups in total. The predicted octanol–water partition coefficient (Wildman–Crippen LogP) is 2.38. The monoisotopic (exact) mass is 455 g/mol. The third kappa shape index (κ3) is 4.74. The van der Waals surface area contributed by atoms with E-state index in [2.05, 4.69) is 10.3 Å². The summed E-state index contributed by atoms with van der Waals surface area (Å²) in [4.78, 5) is 28.6. The number of aromatic nitrogens is 1. The molecule has 0 bridgehead atoms. The first-order chi connectivity index (χ1) is 16.0. The minimum atomic E-state index is -0.927. The summed E-state index contributed by atoms with van der Waals surface area (Å²) in [5, 5.41) is 12.6. The van der Waals surface area contributed by atoms with Crippen LogP contribution < -0.4 is 20.3 Å². The molecular weight excluding hydrogens is 430 g/mol. The van der Waals surface area contributed by atoms with Gasteiger partial charge in [-0.25, -0.2) is 4.99 Å². The number of hydrogen-bond acceptors (Lipinski definition) is 8.